The lowest BCUT2D eigenvalue weighted by Gasteiger charge is -2.24. The van der Waals surface area contributed by atoms with Crippen LogP contribution in [0.25, 0.3) is 0 Å². The molecule has 114 valence electrons. The van der Waals surface area contributed by atoms with Crippen LogP contribution in [0.5, 0.6) is 0 Å². The van der Waals surface area contributed by atoms with Crippen molar-refractivity contribution in [3.05, 3.63) is 29.8 Å². The zero-order valence-electron chi connectivity index (χ0n) is 12.8. The number of aliphatic hydroxyl groups is 1. The van der Waals surface area contributed by atoms with Crippen molar-refractivity contribution in [1.29, 1.82) is 5.26 Å². The van der Waals surface area contributed by atoms with Crippen LogP contribution in [0.2, 0.25) is 0 Å². The van der Waals surface area contributed by atoms with Gasteiger partial charge < -0.3 is 15.7 Å². The second-order valence-electron chi connectivity index (χ2n) is 5.93. The molecule has 0 fully saturated rings. The Labute approximate surface area is 126 Å². The molecular weight excluding hydrogens is 266 g/mol. The fourth-order valence-electron chi connectivity index (χ4n) is 1.76. The topological polar surface area (TPSA) is 85.2 Å². The number of carbonyl (C=O) groups is 1. The predicted molar refractivity (Wildman–Crippen MR) is 82.9 cm³/mol. The molecule has 1 unspecified atom stereocenters. The summed E-state index contributed by atoms with van der Waals surface area (Å²) in [5.41, 5.74) is 0.234. The summed E-state index contributed by atoms with van der Waals surface area (Å²) in [5.74, 6) is 0.518. The van der Waals surface area contributed by atoms with Crippen LogP contribution < -0.4 is 10.6 Å². The lowest BCUT2D eigenvalue weighted by Crippen LogP contribution is -2.42. The zero-order chi connectivity index (χ0) is 15.9. The van der Waals surface area contributed by atoms with Gasteiger partial charge in [0.1, 0.15) is 0 Å². The van der Waals surface area contributed by atoms with Gasteiger partial charge in [-0.2, -0.15) is 5.26 Å². The van der Waals surface area contributed by atoms with E-state index in [4.69, 9.17) is 5.26 Å². The molecule has 0 saturated heterocycles. The first-order valence-corrected chi connectivity index (χ1v) is 7.10. The molecule has 1 atom stereocenters. The monoisotopic (exact) mass is 289 g/mol. The Bertz CT molecular complexity index is 501. The quantitative estimate of drug-likeness (QED) is 0.752. The van der Waals surface area contributed by atoms with E-state index in [0.717, 1.165) is 6.42 Å². The first-order valence-electron chi connectivity index (χ1n) is 7.10. The molecule has 0 aliphatic heterocycles. The van der Waals surface area contributed by atoms with Crippen LogP contribution in [0, 0.1) is 17.2 Å². The Hall–Kier alpha value is -2.06. The van der Waals surface area contributed by atoms with Crippen LogP contribution in [-0.2, 0) is 0 Å². The molecule has 0 spiro atoms. The van der Waals surface area contributed by atoms with Crippen molar-refractivity contribution < 1.29 is 9.90 Å². The van der Waals surface area contributed by atoms with Gasteiger partial charge in [-0.3, -0.25) is 0 Å². The fourth-order valence-corrected chi connectivity index (χ4v) is 1.76. The van der Waals surface area contributed by atoms with Crippen molar-refractivity contribution in [1.82, 2.24) is 5.32 Å². The van der Waals surface area contributed by atoms with Crippen LogP contribution in [0.4, 0.5) is 10.5 Å². The predicted octanol–water partition coefficient (Wildman–Crippen LogP) is 2.87. The minimum Gasteiger partial charge on any atom is -0.388 e. The molecule has 0 heterocycles. The van der Waals surface area contributed by atoms with E-state index in [1.807, 2.05) is 6.07 Å². The number of carbonyl (C=O) groups excluding carboxylic acids is 1. The lowest BCUT2D eigenvalue weighted by molar-refractivity contribution is 0.0481. The second kappa shape index (κ2) is 7.65. The van der Waals surface area contributed by atoms with Gasteiger partial charge in [-0.15, -0.1) is 0 Å². The number of nitrogens with one attached hydrogen (secondary N) is 2. The van der Waals surface area contributed by atoms with Gasteiger partial charge >= 0.3 is 6.03 Å². The molecule has 1 rings (SSSR count). The molecule has 0 aliphatic rings. The highest BCUT2D eigenvalue weighted by atomic mass is 16.3. The van der Waals surface area contributed by atoms with E-state index < -0.39 is 5.60 Å². The Balaban J connectivity index is 2.41. The van der Waals surface area contributed by atoms with Gasteiger partial charge in [0.15, 0.2) is 0 Å². The normalized spacial score (nSPS) is 13.3. The van der Waals surface area contributed by atoms with E-state index in [0.29, 0.717) is 23.6 Å². The largest absolute Gasteiger partial charge is 0.388 e. The van der Waals surface area contributed by atoms with E-state index in [1.54, 1.807) is 31.2 Å². The summed E-state index contributed by atoms with van der Waals surface area (Å²) in [7, 11) is 0. The molecule has 1 aromatic rings. The number of hydrogen-bond acceptors (Lipinski definition) is 3. The van der Waals surface area contributed by atoms with Gasteiger partial charge in [0, 0.05) is 12.2 Å². The summed E-state index contributed by atoms with van der Waals surface area (Å²) in [6, 6.07) is 8.23. The number of amides is 2. The van der Waals surface area contributed by atoms with Crippen LogP contribution in [0.15, 0.2) is 24.3 Å². The molecule has 2 amide bonds. The SMILES string of the molecule is CC(C)CCC(C)(O)CNC(=O)Nc1ccc(C#N)cc1. The highest BCUT2D eigenvalue weighted by Gasteiger charge is 2.21. The minimum absolute atomic E-state index is 0.196. The maximum atomic E-state index is 11.8. The van der Waals surface area contributed by atoms with Gasteiger partial charge in [0.05, 0.1) is 17.2 Å². The van der Waals surface area contributed by atoms with E-state index in [9.17, 15) is 9.90 Å². The molecule has 1 aromatic carbocycles. The Morgan fingerprint density at radius 2 is 2.00 bits per heavy atom. The van der Waals surface area contributed by atoms with Crippen molar-refractivity contribution in [3.63, 3.8) is 0 Å². The van der Waals surface area contributed by atoms with E-state index in [2.05, 4.69) is 24.5 Å². The number of hydrogen-bond donors (Lipinski definition) is 3. The standard InChI is InChI=1S/C16H23N3O2/c1-12(2)8-9-16(3,21)11-18-15(20)19-14-6-4-13(10-17)5-7-14/h4-7,12,21H,8-9,11H2,1-3H3,(H2,18,19,20). The molecule has 0 bridgehead atoms. The highest BCUT2D eigenvalue weighted by Crippen LogP contribution is 2.15. The molecule has 0 aromatic heterocycles. The first kappa shape index (κ1) is 17.0. The first-order chi connectivity index (χ1) is 9.82. The summed E-state index contributed by atoms with van der Waals surface area (Å²) >= 11 is 0. The molecular formula is C16H23N3O2. The third-order valence-electron chi connectivity index (χ3n) is 3.16. The highest BCUT2D eigenvalue weighted by molar-refractivity contribution is 5.89. The van der Waals surface area contributed by atoms with Crippen molar-refractivity contribution in [2.45, 2.75) is 39.2 Å². The third-order valence-corrected chi connectivity index (χ3v) is 3.16. The molecule has 5 heteroatoms. The maximum absolute atomic E-state index is 11.8. The molecule has 0 radical (unpaired) electrons. The number of benzene rings is 1. The Morgan fingerprint density at radius 3 is 2.52 bits per heavy atom. The minimum atomic E-state index is -0.910. The zero-order valence-corrected chi connectivity index (χ0v) is 12.8. The van der Waals surface area contributed by atoms with Gasteiger partial charge in [-0.25, -0.2) is 4.79 Å². The second-order valence-corrected chi connectivity index (χ2v) is 5.93. The Kier molecular flexibility index (Phi) is 6.19. The van der Waals surface area contributed by atoms with E-state index >= 15 is 0 Å². The fraction of sp³-hybridized carbons (Fsp3) is 0.500. The van der Waals surface area contributed by atoms with Gasteiger partial charge in [0.2, 0.25) is 0 Å². The van der Waals surface area contributed by atoms with Gasteiger partial charge in [-0.05, 0) is 49.9 Å². The van der Waals surface area contributed by atoms with Crippen molar-refractivity contribution >= 4 is 11.7 Å². The van der Waals surface area contributed by atoms with Crippen molar-refractivity contribution in [2.24, 2.45) is 5.92 Å². The summed E-state index contributed by atoms with van der Waals surface area (Å²) in [6.07, 6.45) is 1.55. The number of nitrogens with zero attached hydrogens (tertiary/aromatic N) is 1. The van der Waals surface area contributed by atoms with E-state index in [-0.39, 0.29) is 12.6 Å². The number of anilines is 1. The van der Waals surface area contributed by atoms with Crippen LogP contribution in [0.3, 0.4) is 0 Å². The van der Waals surface area contributed by atoms with Crippen molar-refractivity contribution in [3.8, 4) is 6.07 Å². The number of urea groups is 1. The smallest absolute Gasteiger partial charge is 0.319 e. The maximum Gasteiger partial charge on any atom is 0.319 e. The average molecular weight is 289 g/mol. The molecule has 21 heavy (non-hydrogen) atoms. The summed E-state index contributed by atoms with van der Waals surface area (Å²) in [6.45, 7) is 6.11. The number of nitriles is 1. The summed E-state index contributed by atoms with van der Waals surface area (Å²) in [5, 5.41) is 24.2. The summed E-state index contributed by atoms with van der Waals surface area (Å²) in [4.78, 5) is 11.8. The van der Waals surface area contributed by atoms with Gasteiger partial charge in [0.25, 0.3) is 0 Å². The molecule has 3 N–H and O–H groups in total. The lowest BCUT2D eigenvalue weighted by atomic mass is 9.95. The van der Waals surface area contributed by atoms with Crippen LogP contribution >= 0.6 is 0 Å². The number of rotatable bonds is 6. The average Bonchev–Trinajstić information content (AvgIpc) is 2.44. The molecule has 5 nitrogen and oxygen atoms in total. The van der Waals surface area contributed by atoms with E-state index in [1.165, 1.54) is 0 Å². The Morgan fingerprint density at radius 1 is 1.38 bits per heavy atom. The molecule has 0 saturated carbocycles. The summed E-state index contributed by atoms with van der Waals surface area (Å²) < 4.78 is 0. The van der Waals surface area contributed by atoms with Crippen LogP contribution in [0.1, 0.15) is 39.2 Å². The van der Waals surface area contributed by atoms with Crippen molar-refractivity contribution in [2.75, 3.05) is 11.9 Å². The van der Waals surface area contributed by atoms with Gasteiger partial charge in [-0.1, -0.05) is 13.8 Å². The van der Waals surface area contributed by atoms with Crippen LogP contribution in [-0.4, -0.2) is 23.3 Å². The molecule has 0 aliphatic carbocycles. The third kappa shape index (κ3) is 6.77.